The number of nitro groups is 1. The van der Waals surface area contributed by atoms with Gasteiger partial charge in [0.25, 0.3) is 5.69 Å². The Morgan fingerprint density at radius 1 is 1.56 bits per heavy atom. The van der Waals surface area contributed by atoms with E-state index >= 15 is 0 Å². The van der Waals surface area contributed by atoms with Crippen LogP contribution < -0.4 is 10.2 Å². The number of fused-ring (bicyclic) bond motifs is 3. The highest BCUT2D eigenvalue weighted by Gasteiger charge is 2.34. The summed E-state index contributed by atoms with van der Waals surface area (Å²) in [6, 6.07) is 5.40. The molecule has 1 aromatic carbocycles. The zero-order valence-electron chi connectivity index (χ0n) is 9.92. The fourth-order valence-electron chi connectivity index (χ4n) is 2.50. The minimum absolute atomic E-state index is 0.141. The second kappa shape index (κ2) is 4.29. The van der Waals surface area contributed by atoms with Crippen molar-refractivity contribution in [3.63, 3.8) is 0 Å². The van der Waals surface area contributed by atoms with Crippen molar-refractivity contribution in [2.45, 2.75) is 24.8 Å². The van der Waals surface area contributed by atoms with Gasteiger partial charge < -0.3 is 5.32 Å². The number of benzene rings is 1. The van der Waals surface area contributed by atoms with Crippen LogP contribution in [0.5, 0.6) is 0 Å². The maximum atomic E-state index is 10.8. The Bertz CT molecular complexity index is 532. The lowest BCUT2D eigenvalue weighted by atomic mass is 10.2. The molecule has 0 saturated heterocycles. The fourth-order valence-corrected chi connectivity index (χ4v) is 3.66. The minimum atomic E-state index is -0.348. The summed E-state index contributed by atoms with van der Waals surface area (Å²) in [5.74, 6) is 0. The highest BCUT2D eigenvalue weighted by Crippen LogP contribution is 2.31. The second-order valence-corrected chi connectivity index (χ2v) is 5.76. The maximum absolute atomic E-state index is 10.8. The van der Waals surface area contributed by atoms with Gasteiger partial charge in [0.15, 0.2) is 5.69 Å². The van der Waals surface area contributed by atoms with Crippen molar-refractivity contribution in [2.75, 3.05) is 5.32 Å². The smallest absolute Gasteiger partial charge is 0.271 e. The van der Waals surface area contributed by atoms with Gasteiger partial charge in [0.05, 0.1) is 4.92 Å². The van der Waals surface area contributed by atoms with Crippen LogP contribution in [0.15, 0.2) is 29.8 Å². The van der Waals surface area contributed by atoms with E-state index in [4.69, 9.17) is 0 Å². The van der Waals surface area contributed by atoms with Gasteiger partial charge in [-0.2, -0.15) is 0 Å². The van der Waals surface area contributed by atoms with E-state index < -0.39 is 0 Å². The Morgan fingerprint density at radius 2 is 2.39 bits per heavy atom. The molecule has 3 unspecified atom stereocenters. The number of rotatable bonds is 1. The monoisotopic (exact) mass is 264 g/mol. The number of thioether (sulfide) groups is 1. The number of nitro benzene ring substituents is 1. The van der Waals surface area contributed by atoms with E-state index in [0.29, 0.717) is 11.4 Å². The SMILES string of the molecule is CC1CC2SC=C[NH+]2c2ccc([N+](=O)[O-])cc2N1. The number of nitrogens with zero attached hydrogens (tertiary/aromatic N) is 1. The van der Waals surface area contributed by atoms with Crippen LogP contribution in [0.2, 0.25) is 0 Å². The van der Waals surface area contributed by atoms with Crippen LogP contribution in [-0.2, 0) is 0 Å². The third-order valence-corrected chi connectivity index (χ3v) is 4.40. The molecule has 0 aliphatic carbocycles. The first kappa shape index (κ1) is 11.6. The molecule has 2 aliphatic heterocycles. The van der Waals surface area contributed by atoms with Crippen molar-refractivity contribution >= 4 is 28.8 Å². The number of nitrogens with one attached hydrogen (secondary N) is 2. The first-order valence-electron chi connectivity index (χ1n) is 5.89. The first-order chi connectivity index (χ1) is 8.65. The standard InChI is InChI=1S/C12H13N3O2S/c1-8-6-12-14(4-5-18-12)11-3-2-9(15(16)17)7-10(11)13-8/h2-5,7-8,12-13H,6H2,1H3/p+1. The van der Waals surface area contributed by atoms with Crippen LogP contribution >= 0.6 is 11.8 Å². The molecule has 18 heavy (non-hydrogen) atoms. The van der Waals surface area contributed by atoms with Gasteiger partial charge in [-0.3, -0.25) is 15.0 Å². The maximum Gasteiger partial charge on any atom is 0.271 e. The van der Waals surface area contributed by atoms with Gasteiger partial charge in [-0.25, -0.2) is 0 Å². The summed E-state index contributed by atoms with van der Waals surface area (Å²) in [5, 5.41) is 16.8. The molecule has 0 bridgehead atoms. The van der Waals surface area contributed by atoms with Crippen molar-refractivity contribution in [2.24, 2.45) is 0 Å². The molecule has 0 aromatic heterocycles. The predicted octanol–water partition coefficient (Wildman–Crippen LogP) is 1.86. The highest BCUT2D eigenvalue weighted by molar-refractivity contribution is 8.02. The van der Waals surface area contributed by atoms with Gasteiger partial charge in [0.2, 0.25) is 0 Å². The minimum Gasteiger partial charge on any atom is -0.377 e. The second-order valence-electron chi connectivity index (χ2n) is 4.65. The summed E-state index contributed by atoms with van der Waals surface area (Å²) in [6.45, 7) is 2.12. The number of anilines is 1. The quantitative estimate of drug-likeness (QED) is 0.600. The predicted molar refractivity (Wildman–Crippen MR) is 71.9 cm³/mol. The molecule has 0 amide bonds. The average molecular weight is 264 g/mol. The molecule has 3 atom stereocenters. The van der Waals surface area contributed by atoms with Crippen molar-refractivity contribution in [1.82, 2.24) is 0 Å². The van der Waals surface area contributed by atoms with E-state index in [1.807, 2.05) is 17.8 Å². The van der Waals surface area contributed by atoms with Gasteiger partial charge in [-0.15, -0.1) is 0 Å². The Balaban J connectivity index is 2.07. The van der Waals surface area contributed by atoms with Crippen LogP contribution in [0.3, 0.4) is 0 Å². The summed E-state index contributed by atoms with van der Waals surface area (Å²) >= 11 is 1.83. The molecule has 1 aromatic rings. The third kappa shape index (κ3) is 1.87. The summed E-state index contributed by atoms with van der Waals surface area (Å²) in [7, 11) is 0. The highest BCUT2D eigenvalue weighted by atomic mass is 32.2. The molecular formula is C12H14N3O2S+. The van der Waals surface area contributed by atoms with Crippen molar-refractivity contribution in [1.29, 1.82) is 0 Å². The van der Waals surface area contributed by atoms with E-state index in [1.165, 1.54) is 4.90 Å². The zero-order chi connectivity index (χ0) is 12.7. The molecular weight excluding hydrogens is 250 g/mol. The van der Waals surface area contributed by atoms with Gasteiger partial charge >= 0.3 is 0 Å². The van der Waals surface area contributed by atoms with E-state index in [2.05, 4.69) is 23.8 Å². The Labute approximate surface area is 109 Å². The molecule has 0 fully saturated rings. The fraction of sp³-hybridized carbons (Fsp3) is 0.333. The largest absolute Gasteiger partial charge is 0.377 e. The van der Waals surface area contributed by atoms with Crippen LogP contribution in [0.4, 0.5) is 17.1 Å². The van der Waals surface area contributed by atoms with Crippen LogP contribution in [0.1, 0.15) is 13.3 Å². The summed E-state index contributed by atoms with van der Waals surface area (Å²) in [6.07, 6.45) is 3.16. The van der Waals surface area contributed by atoms with Crippen molar-refractivity contribution < 1.29 is 9.82 Å². The van der Waals surface area contributed by atoms with Crippen molar-refractivity contribution in [3.05, 3.63) is 39.9 Å². The van der Waals surface area contributed by atoms with Crippen molar-refractivity contribution in [3.8, 4) is 0 Å². The first-order valence-corrected chi connectivity index (χ1v) is 6.83. The summed E-state index contributed by atoms with van der Waals surface area (Å²) in [5.41, 5.74) is 2.11. The molecule has 2 N–H and O–H groups in total. The Kier molecular flexibility index (Phi) is 2.76. The lowest BCUT2D eigenvalue weighted by Gasteiger charge is -2.16. The van der Waals surface area contributed by atoms with Crippen LogP contribution in [0, 0.1) is 10.1 Å². The molecule has 0 radical (unpaired) electrons. The number of hydrogen-bond donors (Lipinski definition) is 2. The lowest BCUT2D eigenvalue weighted by Crippen LogP contribution is -3.04. The third-order valence-electron chi connectivity index (χ3n) is 3.33. The normalized spacial score (nSPS) is 29.1. The zero-order valence-corrected chi connectivity index (χ0v) is 10.7. The van der Waals surface area contributed by atoms with Gasteiger partial charge in [-0.05, 0) is 6.92 Å². The number of non-ortho nitro benzene ring substituents is 1. The molecule has 2 aliphatic rings. The van der Waals surface area contributed by atoms with E-state index in [1.54, 1.807) is 12.1 Å². The number of hydrogen-bond acceptors (Lipinski definition) is 4. The summed E-state index contributed by atoms with van der Waals surface area (Å²) < 4.78 is 0. The topological polar surface area (TPSA) is 59.6 Å². The Hall–Kier alpha value is -1.53. The van der Waals surface area contributed by atoms with Gasteiger partial charge in [0.1, 0.15) is 17.3 Å². The molecule has 2 heterocycles. The molecule has 6 heteroatoms. The molecule has 3 rings (SSSR count). The number of quaternary nitrogens is 1. The lowest BCUT2D eigenvalue weighted by molar-refractivity contribution is -0.783. The Morgan fingerprint density at radius 3 is 3.17 bits per heavy atom. The van der Waals surface area contributed by atoms with E-state index in [-0.39, 0.29) is 10.6 Å². The van der Waals surface area contributed by atoms with Gasteiger partial charge in [-0.1, -0.05) is 11.8 Å². The van der Waals surface area contributed by atoms with Gasteiger partial charge in [0, 0.05) is 36.1 Å². The van der Waals surface area contributed by atoms with Crippen LogP contribution in [-0.4, -0.2) is 16.3 Å². The molecule has 0 spiro atoms. The molecule has 0 saturated carbocycles. The van der Waals surface area contributed by atoms with E-state index in [9.17, 15) is 10.1 Å². The van der Waals surface area contributed by atoms with E-state index in [0.717, 1.165) is 17.8 Å². The molecule has 94 valence electrons. The average Bonchev–Trinajstić information content (AvgIpc) is 2.71. The summed E-state index contributed by atoms with van der Waals surface area (Å²) in [4.78, 5) is 11.8. The molecule has 5 nitrogen and oxygen atoms in total. The van der Waals surface area contributed by atoms with Crippen LogP contribution in [0.25, 0.3) is 0 Å².